The van der Waals surface area contributed by atoms with Gasteiger partial charge in [-0.25, -0.2) is 4.98 Å². The highest BCUT2D eigenvalue weighted by atomic mass is 35.5. The predicted molar refractivity (Wildman–Crippen MR) is 105 cm³/mol. The molecule has 0 saturated heterocycles. The van der Waals surface area contributed by atoms with Gasteiger partial charge in [0.05, 0.1) is 29.8 Å². The van der Waals surface area contributed by atoms with Crippen LogP contribution in [-0.2, 0) is 0 Å². The number of fused-ring (bicyclic) bond motifs is 1. The van der Waals surface area contributed by atoms with Crippen molar-refractivity contribution in [2.45, 2.75) is 18.5 Å². The van der Waals surface area contributed by atoms with Gasteiger partial charge < -0.3 is 4.74 Å². The van der Waals surface area contributed by atoms with Crippen molar-refractivity contribution >= 4 is 34.3 Å². The Kier molecular flexibility index (Phi) is 5.50. The number of thioether (sulfide) groups is 1. The number of halogens is 1. The van der Waals surface area contributed by atoms with E-state index in [1.807, 2.05) is 25.1 Å². The third kappa shape index (κ3) is 3.55. The molecule has 0 bridgehead atoms. The van der Waals surface area contributed by atoms with E-state index in [9.17, 15) is 4.79 Å². The SMILES string of the molecule is COc1ccc(C)cc1-n1c(SCCC#N)nc2cc(Cl)ccc2c1=O. The van der Waals surface area contributed by atoms with E-state index in [4.69, 9.17) is 21.6 Å². The molecule has 0 amide bonds. The number of hydrogen-bond donors (Lipinski definition) is 0. The molecule has 0 unspecified atom stereocenters. The van der Waals surface area contributed by atoms with Gasteiger partial charge in [-0.05, 0) is 42.8 Å². The Bertz CT molecular complexity index is 1070. The second-order valence-electron chi connectivity index (χ2n) is 5.63. The number of nitriles is 1. The molecule has 3 aromatic rings. The van der Waals surface area contributed by atoms with Gasteiger partial charge in [0.25, 0.3) is 5.56 Å². The second-order valence-corrected chi connectivity index (χ2v) is 7.13. The molecule has 0 aliphatic carbocycles. The molecule has 0 radical (unpaired) electrons. The molecule has 0 N–H and O–H groups in total. The summed E-state index contributed by atoms with van der Waals surface area (Å²) in [7, 11) is 1.57. The summed E-state index contributed by atoms with van der Waals surface area (Å²) in [5, 5.41) is 10.3. The Morgan fingerprint density at radius 2 is 2.12 bits per heavy atom. The molecule has 0 aliphatic heterocycles. The molecule has 132 valence electrons. The lowest BCUT2D eigenvalue weighted by Gasteiger charge is -2.16. The van der Waals surface area contributed by atoms with Crippen LogP contribution in [0.25, 0.3) is 16.6 Å². The van der Waals surface area contributed by atoms with Crippen molar-refractivity contribution < 1.29 is 4.74 Å². The zero-order chi connectivity index (χ0) is 18.7. The molecule has 0 aliphatic rings. The first-order valence-electron chi connectivity index (χ1n) is 7.92. The number of ether oxygens (including phenoxy) is 1. The maximum Gasteiger partial charge on any atom is 0.266 e. The van der Waals surface area contributed by atoms with E-state index in [0.717, 1.165) is 5.56 Å². The lowest BCUT2D eigenvalue weighted by molar-refractivity contribution is 0.411. The average molecular weight is 386 g/mol. The summed E-state index contributed by atoms with van der Waals surface area (Å²) in [6, 6.07) is 12.8. The van der Waals surface area contributed by atoms with Crippen molar-refractivity contribution in [1.82, 2.24) is 9.55 Å². The van der Waals surface area contributed by atoms with Crippen molar-refractivity contribution in [3.05, 3.63) is 57.3 Å². The van der Waals surface area contributed by atoms with Gasteiger partial charge in [-0.1, -0.05) is 29.4 Å². The minimum absolute atomic E-state index is 0.199. The van der Waals surface area contributed by atoms with E-state index in [1.54, 1.807) is 29.9 Å². The monoisotopic (exact) mass is 385 g/mol. The van der Waals surface area contributed by atoms with Gasteiger partial charge in [0.2, 0.25) is 0 Å². The van der Waals surface area contributed by atoms with E-state index < -0.39 is 0 Å². The molecular weight excluding hydrogens is 370 g/mol. The van der Waals surface area contributed by atoms with E-state index in [2.05, 4.69) is 11.1 Å². The third-order valence-corrected chi connectivity index (χ3v) is 5.00. The van der Waals surface area contributed by atoms with E-state index in [1.165, 1.54) is 11.8 Å². The average Bonchev–Trinajstić information content (AvgIpc) is 2.62. The molecule has 0 spiro atoms. The van der Waals surface area contributed by atoms with Gasteiger partial charge in [0.15, 0.2) is 5.16 Å². The molecule has 0 fully saturated rings. The van der Waals surface area contributed by atoms with Gasteiger partial charge in [0.1, 0.15) is 5.75 Å². The van der Waals surface area contributed by atoms with Crippen LogP contribution in [0.5, 0.6) is 5.75 Å². The van der Waals surface area contributed by atoms with Gasteiger partial charge in [-0.3, -0.25) is 9.36 Å². The maximum absolute atomic E-state index is 13.2. The summed E-state index contributed by atoms with van der Waals surface area (Å²) in [5.74, 6) is 1.11. The summed E-state index contributed by atoms with van der Waals surface area (Å²) in [6.45, 7) is 1.95. The van der Waals surface area contributed by atoms with Gasteiger partial charge in [0, 0.05) is 17.2 Å². The van der Waals surface area contributed by atoms with Crippen LogP contribution in [0, 0.1) is 18.3 Å². The zero-order valence-corrected chi connectivity index (χ0v) is 15.9. The first kappa shape index (κ1) is 18.3. The minimum atomic E-state index is -0.199. The highest BCUT2D eigenvalue weighted by molar-refractivity contribution is 7.99. The van der Waals surface area contributed by atoms with Crippen LogP contribution >= 0.6 is 23.4 Å². The van der Waals surface area contributed by atoms with Crippen LogP contribution in [0.15, 0.2) is 46.3 Å². The summed E-state index contributed by atoms with van der Waals surface area (Å²) in [4.78, 5) is 17.8. The first-order chi connectivity index (χ1) is 12.5. The molecule has 2 aromatic carbocycles. The highest BCUT2D eigenvalue weighted by Gasteiger charge is 2.17. The first-order valence-corrected chi connectivity index (χ1v) is 9.28. The normalized spacial score (nSPS) is 10.7. The van der Waals surface area contributed by atoms with E-state index >= 15 is 0 Å². The molecule has 0 saturated carbocycles. The summed E-state index contributed by atoms with van der Waals surface area (Å²) in [5.41, 5.74) is 1.96. The number of benzene rings is 2. The fourth-order valence-corrected chi connectivity index (χ4v) is 3.63. The summed E-state index contributed by atoms with van der Waals surface area (Å²) < 4.78 is 7.00. The summed E-state index contributed by atoms with van der Waals surface area (Å²) in [6.07, 6.45) is 0.360. The van der Waals surface area contributed by atoms with Crippen LogP contribution in [-0.4, -0.2) is 22.4 Å². The number of aryl methyl sites for hydroxylation is 1. The van der Waals surface area contributed by atoms with Crippen molar-refractivity contribution in [2.24, 2.45) is 0 Å². The molecule has 7 heteroatoms. The molecule has 1 heterocycles. The Balaban J connectivity index is 2.32. The lowest BCUT2D eigenvalue weighted by atomic mass is 10.2. The van der Waals surface area contributed by atoms with Crippen molar-refractivity contribution in [2.75, 3.05) is 12.9 Å². The standard InChI is InChI=1S/C19H16ClN3O2S/c1-12-4-7-17(25-2)16(10-12)23-18(24)14-6-5-13(20)11-15(14)22-19(23)26-9-3-8-21/h4-7,10-11H,3,9H2,1-2H3. The molecule has 5 nitrogen and oxygen atoms in total. The lowest BCUT2D eigenvalue weighted by Crippen LogP contribution is -2.22. The maximum atomic E-state index is 13.2. The summed E-state index contributed by atoms with van der Waals surface area (Å²) >= 11 is 7.41. The van der Waals surface area contributed by atoms with Crippen LogP contribution in [0.3, 0.4) is 0 Å². The van der Waals surface area contributed by atoms with Crippen molar-refractivity contribution in [1.29, 1.82) is 5.26 Å². The number of hydrogen-bond acceptors (Lipinski definition) is 5. The van der Waals surface area contributed by atoms with Gasteiger partial charge >= 0.3 is 0 Å². The van der Waals surface area contributed by atoms with Crippen LogP contribution in [0.4, 0.5) is 0 Å². The highest BCUT2D eigenvalue weighted by Crippen LogP contribution is 2.29. The minimum Gasteiger partial charge on any atom is -0.495 e. The molecule has 26 heavy (non-hydrogen) atoms. The molecule has 3 rings (SSSR count). The quantitative estimate of drug-likeness (QED) is 0.371. The number of rotatable bonds is 5. The largest absolute Gasteiger partial charge is 0.495 e. The van der Waals surface area contributed by atoms with Gasteiger partial charge in [-0.2, -0.15) is 5.26 Å². The molecule has 1 aromatic heterocycles. The Morgan fingerprint density at radius 1 is 1.31 bits per heavy atom. The zero-order valence-electron chi connectivity index (χ0n) is 14.3. The van der Waals surface area contributed by atoms with E-state index in [0.29, 0.717) is 44.7 Å². The predicted octanol–water partition coefficient (Wildman–Crippen LogP) is 4.36. The number of methoxy groups -OCH3 is 1. The number of nitrogens with zero attached hydrogens (tertiary/aromatic N) is 3. The number of aromatic nitrogens is 2. The second kappa shape index (κ2) is 7.81. The smallest absolute Gasteiger partial charge is 0.266 e. The topological polar surface area (TPSA) is 67.9 Å². The van der Waals surface area contributed by atoms with Crippen LogP contribution < -0.4 is 10.3 Å². The fraction of sp³-hybridized carbons (Fsp3) is 0.211. The Morgan fingerprint density at radius 3 is 2.85 bits per heavy atom. The molecule has 0 atom stereocenters. The van der Waals surface area contributed by atoms with Crippen molar-refractivity contribution in [3.63, 3.8) is 0 Å². The van der Waals surface area contributed by atoms with E-state index in [-0.39, 0.29) is 5.56 Å². The Hall–Kier alpha value is -2.49. The molecular formula is C19H16ClN3O2S. The third-order valence-electron chi connectivity index (χ3n) is 3.82. The van der Waals surface area contributed by atoms with Crippen molar-refractivity contribution in [3.8, 4) is 17.5 Å². The van der Waals surface area contributed by atoms with Crippen LogP contribution in [0.2, 0.25) is 5.02 Å². The Labute approximate surface area is 160 Å². The van der Waals surface area contributed by atoms with Crippen LogP contribution in [0.1, 0.15) is 12.0 Å². The fourth-order valence-electron chi connectivity index (χ4n) is 2.61. The van der Waals surface area contributed by atoms with Gasteiger partial charge in [-0.15, -0.1) is 0 Å².